The molecule has 2 rings (SSSR count). The van der Waals surface area contributed by atoms with Crippen molar-refractivity contribution < 1.29 is 9.59 Å². The lowest BCUT2D eigenvalue weighted by molar-refractivity contribution is -0.133. The topological polar surface area (TPSA) is 49.4 Å². The van der Waals surface area contributed by atoms with Crippen molar-refractivity contribution in [2.45, 2.75) is 26.2 Å². The fraction of sp³-hybridized carbons (Fsp3) is 0.467. The summed E-state index contributed by atoms with van der Waals surface area (Å²) in [5, 5.41) is 2.86. The van der Waals surface area contributed by atoms with E-state index in [4.69, 9.17) is 0 Å². The molecule has 1 aromatic carbocycles. The molecule has 1 heterocycles. The van der Waals surface area contributed by atoms with Crippen molar-refractivity contribution in [3.8, 4) is 0 Å². The van der Waals surface area contributed by atoms with Crippen LogP contribution in [0.25, 0.3) is 0 Å². The van der Waals surface area contributed by atoms with Gasteiger partial charge in [0, 0.05) is 31.6 Å². The molecule has 1 fully saturated rings. The maximum atomic E-state index is 11.9. The number of rotatable bonds is 4. The molecular formula is C15H20N2O2. The molecule has 102 valence electrons. The zero-order valence-corrected chi connectivity index (χ0v) is 11.3. The Balaban J connectivity index is 1.79. The Kier molecular flexibility index (Phi) is 4.55. The van der Waals surface area contributed by atoms with E-state index in [-0.39, 0.29) is 11.8 Å². The zero-order chi connectivity index (χ0) is 13.7. The number of carbonyl (C=O) groups is 2. The minimum absolute atomic E-state index is 0.0758. The third-order valence-electron chi connectivity index (χ3n) is 3.37. The predicted octanol–water partition coefficient (Wildman–Crippen LogP) is 1.74. The highest BCUT2D eigenvalue weighted by Crippen LogP contribution is 2.09. The van der Waals surface area contributed by atoms with Gasteiger partial charge in [-0.3, -0.25) is 9.59 Å². The number of benzene rings is 1. The van der Waals surface area contributed by atoms with Crippen LogP contribution in [0.5, 0.6) is 0 Å². The summed E-state index contributed by atoms with van der Waals surface area (Å²) in [5.74, 6) is 0.129. The monoisotopic (exact) mass is 260 g/mol. The van der Waals surface area contributed by atoms with Crippen LogP contribution in [-0.4, -0.2) is 36.3 Å². The number of carbonyl (C=O) groups excluding carboxylic acids is 2. The number of piperidine rings is 1. The standard InChI is InChI=1S/C15H20N2O2/c1-12-5-4-6-13(11-12)15(19)16-8-10-17-9-3-2-7-14(17)18/h4-6,11H,2-3,7-10H2,1H3,(H,16,19). The van der Waals surface area contributed by atoms with Gasteiger partial charge in [0.1, 0.15) is 0 Å². The van der Waals surface area contributed by atoms with Crippen LogP contribution in [0.4, 0.5) is 0 Å². The van der Waals surface area contributed by atoms with Crippen molar-refractivity contribution in [2.24, 2.45) is 0 Å². The number of nitrogens with zero attached hydrogens (tertiary/aromatic N) is 1. The highest BCUT2D eigenvalue weighted by atomic mass is 16.2. The lowest BCUT2D eigenvalue weighted by Crippen LogP contribution is -2.41. The van der Waals surface area contributed by atoms with Crippen LogP contribution in [0, 0.1) is 6.92 Å². The fourth-order valence-corrected chi connectivity index (χ4v) is 2.29. The molecule has 1 aromatic rings. The first-order chi connectivity index (χ1) is 9.16. The molecule has 0 saturated carbocycles. The maximum Gasteiger partial charge on any atom is 0.251 e. The molecule has 0 atom stereocenters. The third kappa shape index (κ3) is 3.81. The van der Waals surface area contributed by atoms with E-state index in [2.05, 4.69) is 5.32 Å². The molecule has 0 aliphatic carbocycles. The van der Waals surface area contributed by atoms with Crippen LogP contribution in [0.2, 0.25) is 0 Å². The minimum Gasteiger partial charge on any atom is -0.350 e. The van der Waals surface area contributed by atoms with E-state index >= 15 is 0 Å². The van der Waals surface area contributed by atoms with Crippen molar-refractivity contribution in [1.29, 1.82) is 0 Å². The summed E-state index contributed by atoms with van der Waals surface area (Å²) in [5.41, 5.74) is 1.74. The van der Waals surface area contributed by atoms with E-state index in [0.717, 1.165) is 24.9 Å². The quantitative estimate of drug-likeness (QED) is 0.896. The Morgan fingerprint density at radius 1 is 1.37 bits per heavy atom. The highest BCUT2D eigenvalue weighted by Gasteiger charge is 2.17. The summed E-state index contributed by atoms with van der Waals surface area (Å²) in [7, 11) is 0. The van der Waals surface area contributed by atoms with Gasteiger partial charge in [0.05, 0.1) is 0 Å². The number of nitrogens with one attached hydrogen (secondary N) is 1. The van der Waals surface area contributed by atoms with Crippen LogP contribution in [0.1, 0.15) is 35.2 Å². The number of hydrogen-bond acceptors (Lipinski definition) is 2. The number of likely N-dealkylation sites (tertiary alicyclic amines) is 1. The second-order valence-electron chi connectivity index (χ2n) is 4.96. The Morgan fingerprint density at radius 2 is 2.21 bits per heavy atom. The number of amides is 2. The second-order valence-corrected chi connectivity index (χ2v) is 4.96. The van der Waals surface area contributed by atoms with Gasteiger partial charge in [0.2, 0.25) is 5.91 Å². The molecule has 0 radical (unpaired) electrons. The molecule has 19 heavy (non-hydrogen) atoms. The molecule has 1 N–H and O–H groups in total. The Hall–Kier alpha value is -1.84. The first kappa shape index (κ1) is 13.6. The van der Waals surface area contributed by atoms with Gasteiger partial charge in [-0.2, -0.15) is 0 Å². The molecule has 4 heteroatoms. The Morgan fingerprint density at radius 3 is 2.95 bits per heavy atom. The first-order valence-corrected chi connectivity index (χ1v) is 6.79. The maximum absolute atomic E-state index is 11.9. The smallest absolute Gasteiger partial charge is 0.251 e. The molecular weight excluding hydrogens is 240 g/mol. The summed E-state index contributed by atoms with van der Waals surface area (Å²) < 4.78 is 0. The normalized spacial score (nSPS) is 15.4. The van der Waals surface area contributed by atoms with Crippen molar-refractivity contribution in [3.05, 3.63) is 35.4 Å². The summed E-state index contributed by atoms with van der Waals surface area (Å²) in [6, 6.07) is 7.50. The Bertz CT molecular complexity index is 471. The Labute approximate surface area is 113 Å². The van der Waals surface area contributed by atoms with Gasteiger partial charge in [-0.05, 0) is 31.9 Å². The lowest BCUT2D eigenvalue weighted by Gasteiger charge is -2.26. The predicted molar refractivity (Wildman–Crippen MR) is 73.9 cm³/mol. The first-order valence-electron chi connectivity index (χ1n) is 6.79. The van der Waals surface area contributed by atoms with E-state index in [0.29, 0.717) is 25.1 Å². The largest absolute Gasteiger partial charge is 0.350 e. The molecule has 0 unspecified atom stereocenters. The van der Waals surface area contributed by atoms with Crippen LogP contribution in [0.15, 0.2) is 24.3 Å². The van der Waals surface area contributed by atoms with Gasteiger partial charge in [-0.1, -0.05) is 17.7 Å². The van der Waals surface area contributed by atoms with Crippen LogP contribution < -0.4 is 5.32 Å². The summed E-state index contributed by atoms with van der Waals surface area (Å²) in [4.78, 5) is 25.3. The van der Waals surface area contributed by atoms with Crippen LogP contribution >= 0.6 is 0 Å². The van der Waals surface area contributed by atoms with E-state index in [1.165, 1.54) is 0 Å². The van der Waals surface area contributed by atoms with Gasteiger partial charge in [-0.25, -0.2) is 0 Å². The van der Waals surface area contributed by atoms with E-state index in [1.807, 2.05) is 30.0 Å². The van der Waals surface area contributed by atoms with Gasteiger partial charge in [-0.15, -0.1) is 0 Å². The van der Waals surface area contributed by atoms with E-state index < -0.39 is 0 Å². The average Bonchev–Trinajstić information content (AvgIpc) is 2.41. The zero-order valence-electron chi connectivity index (χ0n) is 11.3. The summed E-state index contributed by atoms with van der Waals surface area (Å²) in [6.45, 7) is 3.90. The molecule has 1 aliphatic heterocycles. The van der Waals surface area contributed by atoms with Gasteiger partial charge in [0.15, 0.2) is 0 Å². The second kappa shape index (κ2) is 6.36. The minimum atomic E-state index is -0.0758. The van der Waals surface area contributed by atoms with E-state index in [1.54, 1.807) is 6.07 Å². The molecule has 4 nitrogen and oxygen atoms in total. The SMILES string of the molecule is Cc1cccc(C(=O)NCCN2CCCCC2=O)c1. The van der Waals surface area contributed by atoms with Gasteiger partial charge >= 0.3 is 0 Å². The molecule has 1 aliphatic rings. The average molecular weight is 260 g/mol. The lowest BCUT2D eigenvalue weighted by atomic mass is 10.1. The molecule has 0 bridgehead atoms. The van der Waals surface area contributed by atoms with Crippen molar-refractivity contribution in [3.63, 3.8) is 0 Å². The number of aryl methyl sites for hydroxylation is 1. The van der Waals surface area contributed by atoms with Crippen molar-refractivity contribution in [2.75, 3.05) is 19.6 Å². The molecule has 2 amide bonds. The molecule has 1 saturated heterocycles. The van der Waals surface area contributed by atoms with Crippen molar-refractivity contribution >= 4 is 11.8 Å². The van der Waals surface area contributed by atoms with Crippen LogP contribution in [0.3, 0.4) is 0 Å². The highest BCUT2D eigenvalue weighted by molar-refractivity contribution is 5.94. The van der Waals surface area contributed by atoms with Gasteiger partial charge in [0.25, 0.3) is 5.91 Å². The number of hydrogen-bond donors (Lipinski definition) is 1. The third-order valence-corrected chi connectivity index (χ3v) is 3.37. The van der Waals surface area contributed by atoms with Crippen molar-refractivity contribution in [1.82, 2.24) is 10.2 Å². The summed E-state index contributed by atoms with van der Waals surface area (Å²) >= 11 is 0. The summed E-state index contributed by atoms with van der Waals surface area (Å²) in [6.07, 6.45) is 2.70. The molecule has 0 spiro atoms. The fourth-order valence-electron chi connectivity index (χ4n) is 2.29. The van der Waals surface area contributed by atoms with Gasteiger partial charge < -0.3 is 10.2 Å². The van der Waals surface area contributed by atoms with Crippen LogP contribution in [-0.2, 0) is 4.79 Å². The van der Waals surface area contributed by atoms with E-state index in [9.17, 15) is 9.59 Å². The molecule has 0 aromatic heterocycles.